The molecule has 1 aromatic carbocycles. The molecular formula is C20H26ClN5O2. The Bertz CT molecular complexity index is 900. The summed E-state index contributed by atoms with van der Waals surface area (Å²) in [5.41, 5.74) is 1.45. The van der Waals surface area contributed by atoms with Gasteiger partial charge in [-0.15, -0.1) is 0 Å². The molecule has 0 radical (unpaired) electrons. The molecule has 150 valence electrons. The summed E-state index contributed by atoms with van der Waals surface area (Å²) in [6, 6.07) is 6.77. The van der Waals surface area contributed by atoms with Crippen molar-refractivity contribution in [2.24, 2.45) is 5.41 Å². The van der Waals surface area contributed by atoms with Crippen molar-refractivity contribution in [1.82, 2.24) is 25.5 Å². The third-order valence-electron chi connectivity index (χ3n) is 4.86. The molecule has 28 heavy (non-hydrogen) atoms. The normalized spacial score (nSPS) is 14.9. The number of benzene rings is 1. The molecule has 7 nitrogen and oxygen atoms in total. The number of amides is 2. The van der Waals surface area contributed by atoms with Crippen molar-refractivity contribution in [3.8, 4) is 11.4 Å². The molecule has 3 rings (SSSR count). The molecular weight excluding hydrogens is 378 g/mol. The van der Waals surface area contributed by atoms with Crippen LogP contribution >= 0.6 is 11.6 Å². The lowest BCUT2D eigenvalue weighted by molar-refractivity contribution is -0.124. The van der Waals surface area contributed by atoms with Gasteiger partial charge >= 0.3 is 0 Å². The smallest absolute Gasteiger partial charge is 0.272 e. The van der Waals surface area contributed by atoms with Gasteiger partial charge in [0.05, 0.1) is 10.7 Å². The van der Waals surface area contributed by atoms with Crippen LogP contribution < -0.4 is 16.0 Å². The van der Waals surface area contributed by atoms with E-state index in [2.05, 4.69) is 20.9 Å². The van der Waals surface area contributed by atoms with Gasteiger partial charge in [0, 0.05) is 32.2 Å². The summed E-state index contributed by atoms with van der Waals surface area (Å²) < 4.78 is 2.03. The molecule has 0 saturated carbocycles. The summed E-state index contributed by atoms with van der Waals surface area (Å²) in [6.07, 6.45) is 0. The van der Waals surface area contributed by atoms with Crippen LogP contribution in [-0.4, -0.2) is 41.0 Å². The van der Waals surface area contributed by atoms with Crippen LogP contribution in [0.1, 0.15) is 37.0 Å². The van der Waals surface area contributed by atoms with Crippen molar-refractivity contribution >= 4 is 23.4 Å². The van der Waals surface area contributed by atoms with Crippen molar-refractivity contribution in [1.29, 1.82) is 0 Å². The van der Waals surface area contributed by atoms with Crippen LogP contribution in [0.5, 0.6) is 0 Å². The number of aromatic nitrogens is 2. The number of fused-ring (bicyclic) bond motifs is 1. The van der Waals surface area contributed by atoms with Gasteiger partial charge in [0.2, 0.25) is 5.91 Å². The van der Waals surface area contributed by atoms with Crippen molar-refractivity contribution in [2.45, 2.75) is 39.9 Å². The van der Waals surface area contributed by atoms with Crippen molar-refractivity contribution in [3.05, 3.63) is 40.7 Å². The van der Waals surface area contributed by atoms with Crippen molar-refractivity contribution < 1.29 is 9.59 Å². The number of carbonyl (C=O) groups excluding carboxylic acids is 2. The third kappa shape index (κ3) is 3.91. The topological polar surface area (TPSA) is 88.1 Å². The summed E-state index contributed by atoms with van der Waals surface area (Å²) in [5, 5.41) is 9.35. The highest BCUT2D eigenvalue weighted by molar-refractivity contribution is 6.33. The monoisotopic (exact) mass is 403 g/mol. The summed E-state index contributed by atoms with van der Waals surface area (Å²) in [7, 11) is 1.56. The number of halogens is 1. The molecule has 1 unspecified atom stereocenters. The van der Waals surface area contributed by atoms with Gasteiger partial charge in [0.15, 0.2) is 5.69 Å². The highest BCUT2D eigenvalue weighted by Gasteiger charge is 2.34. The fourth-order valence-corrected chi connectivity index (χ4v) is 3.57. The van der Waals surface area contributed by atoms with Gasteiger partial charge in [0.1, 0.15) is 11.9 Å². The van der Waals surface area contributed by atoms with E-state index in [9.17, 15) is 9.59 Å². The second-order valence-electron chi connectivity index (χ2n) is 7.93. The zero-order valence-electron chi connectivity index (χ0n) is 16.6. The Hall–Kier alpha value is -2.38. The number of nitrogens with one attached hydrogen (secondary N) is 3. The van der Waals surface area contributed by atoms with E-state index in [-0.39, 0.29) is 11.8 Å². The van der Waals surface area contributed by atoms with Crippen LogP contribution in [0.25, 0.3) is 11.4 Å². The predicted octanol–water partition coefficient (Wildman–Crippen LogP) is 2.20. The van der Waals surface area contributed by atoms with E-state index in [4.69, 9.17) is 11.6 Å². The lowest BCUT2D eigenvalue weighted by Crippen LogP contribution is -2.53. The Morgan fingerprint density at radius 2 is 2.00 bits per heavy atom. The van der Waals surface area contributed by atoms with E-state index in [0.717, 1.165) is 17.8 Å². The van der Waals surface area contributed by atoms with Crippen LogP contribution in [0.15, 0.2) is 24.3 Å². The number of imidazole rings is 1. The van der Waals surface area contributed by atoms with Gasteiger partial charge in [-0.3, -0.25) is 9.59 Å². The highest BCUT2D eigenvalue weighted by atomic mass is 35.5. The van der Waals surface area contributed by atoms with Crippen LogP contribution in [-0.2, 0) is 17.9 Å². The summed E-state index contributed by atoms with van der Waals surface area (Å²) in [4.78, 5) is 30.0. The number of likely N-dealkylation sites (N-methyl/N-ethyl adjacent to an activating group) is 1. The van der Waals surface area contributed by atoms with Gasteiger partial charge in [-0.1, -0.05) is 44.5 Å². The van der Waals surface area contributed by atoms with Crippen molar-refractivity contribution in [3.63, 3.8) is 0 Å². The molecule has 8 heteroatoms. The molecule has 1 aromatic heterocycles. The molecule has 1 aliphatic heterocycles. The van der Waals surface area contributed by atoms with E-state index in [1.165, 1.54) is 0 Å². The first kappa shape index (κ1) is 20.4. The largest absolute Gasteiger partial charge is 0.357 e. The maximum absolute atomic E-state index is 13.1. The Kier molecular flexibility index (Phi) is 5.76. The molecule has 0 bridgehead atoms. The van der Waals surface area contributed by atoms with Crippen molar-refractivity contribution in [2.75, 3.05) is 13.6 Å². The lowest BCUT2D eigenvalue weighted by atomic mass is 9.86. The lowest BCUT2D eigenvalue weighted by Gasteiger charge is -2.29. The first-order chi connectivity index (χ1) is 13.2. The Morgan fingerprint density at radius 3 is 2.64 bits per heavy atom. The van der Waals surface area contributed by atoms with Crippen LogP contribution in [0.4, 0.5) is 0 Å². The van der Waals surface area contributed by atoms with E-state index in [1.54, 1.807) is 13.1 Å². The van der Waals surface area contributed by atoms with Gasteiger partial charge in [-0.05, 0) is 17.5 Å². The van der Waals surface area contributed by atoms with Gasteiger partial charge in [-0.2, -0.15) is 0 Å². The number of hydrogen-bond acceptors (Lipinski definition) is 4. The average molecular weight is 404 g/mol. The zero-order chi connectivity index (χ0) is 20.5. The van der Waals surface area contributed by atoms with Crippen LogP contribution in [0.2, 0.25) is 5.02 Å². The van der Waals surface area contributed by atoms with E-state index < -0.39 is 11.5 Å². The minimum absolute atomic E-state index is 0.238. The quantitative estimate of drug-likeness (QED) is 0.730. The Balaban J connectivity index is 2.01. The minimum Gasteiger partial charge on any atom is -0.357 e. The minimum atomic E-state index is -0.678. The molecule has 0 spiro atoms. The van der Waals surface area contributed by atoms with Gasteiger partial charge in [-0.25, -0.2) is 4.98 Å². The third-order valence-corrected chi connectivity index (χ3v) is 5.19. The van der Waals surface area contributed by atoms with Gasteiger partial charge in [0.25, 0.3) is 5.91 Å². The second-order valence-corrected chi connectivity index (χ2v) is 8.33. The maximum atomic E-state index is 13.1. The molecule has 1 aliphatic rings. The molecule has 2 heterocycles. The van der Waals surface area contributed by atoms with E-state index in [0.29, 0.717) is 29.6 Å². The first-order valence-corrected chi connectivity index (χ1v) is 9.69. The van der Waals surface area contributed by atoms with Gasteiger partial charge < -0.3 is 20.5 Å². The second kappa shape index (κ2) is 7.93. The molecule has 0 fully saturated rings. The summed E-state index contributed by atoms with van der Waals surface area (Å²) >= 11 is 6.37. The Labute approximate surface area is 169 Å². The molecule has 2 amide bonds. The number of rotatable bonds is 4. The fourth-order valence-electron chi connectivity index (χ4n) is 3.35. The molecule has 0 aliphatic carbocycles. The number of carbonyl (C=O) groups is 2. The molecule has 2 aromatic rings. The molecule has 3 N–H and O–H groups in total. The molecule has 0 saturated heterocycles. The fraction of sp³-hybridized carbons (Fsp3) is 0.450. The zero-order valence-corrected chi connectivity index (χ0v) is 17.4. The predicted molar refractivity (Wildman–Crippen MR) is 109 cm³/mol. The molecule has 1 atom stereocenters. The van der Waals surface area contributed by atoms with E-state index in [1.807, 2.05) is 43.5 Å². The van der Waals surface area contributed by atoms with E-state index >= 15 is 0 Å². The number of nitrogens with zero attached hydrogens (tertiary/aromatic N) is 2. The average Bonchev–Trinajstić information content (AvgIpc) is 3.04. The Morgan fingerprint density at radius 1 is 1.29 bits per heavy atom. The highest BCUT2D eigenvalue weighted by Crippen LogP contribution is 2.30. The van der Waals surface area contributed by atoms with Crippen LogP contribution in [0.3, 0.4) is 0 Å². The SMILES string of the molecule is CNC(=O)C(NC(=O)c1nc(-c2ccccc2Cl)n2c1CNCC2)C(C)(C)C. The maximum Gasteiger partial charge on any atom is 0.272 e. The summed E-state index contributed by atoms with van der Waals surface area (Å²) in [5.74, 6) is 0.0622. The first-order valence-electron chi connectivity index (χ1n) is 9.31. The number of hydrogen-bond donors (Lipinski definition) is 3. The summed E-state index contributed by atoms with van der Waals surface area (Å²) in [6.45, 7) is 7.73. The van der Waals surface area contributed by atoms with Crippen LogP contribution in [0, 0.1) is 5.41 Å². The standard InChI is InChI=1S/C20H26ClN5O2/c1-20(2,3)16(19(28)22-4)25-18(27)15-14-11-23-9-10-26(14)17(24-15)12-7-5-6-8-13(12)21/h5-8,16,23H,9-11H2,1-4H3,(H,22,28)(H,25,27).